The van der Waals surface area contributed by atoms with Crippen LogP contribution in [0.1, 0.15) is 10.4 Å². The molecule has 0 aliphatic carbocycles. The Hall–Kier alpha value is -2.65. The fourth-order valence-electron chi connectivity index (χ4n) is 3.63. The molecule has 0 saturated carbocycles. The summed E-state index contributed by atoms with van der Waals surface area (Å²) in [6.07, 6.45) is 0. The van der Waals surface area contributed by atoms with E-state index in [1.807, 2.05) is 12.1 Å². The van der Waals surface area contributed by atoms with Crippen LogP contribution < -0.4 is 9.62 Å². The van der Waals surface area contributed by atoms with Gasteiger partial charge in [0.1, 0.15) is 10.6 Å². The first kappa shape index (κ1) is 24.5. The first-order valence-corrected chi connectivity index (χ1v) is 12.9. The highest BCUT2D eigenvalue weighted by Crippen LogP contribution is 2.30. The summed E-state index contributed by atoms with van der Waals surface area (Å²) in [5.41, 5.74) is 1.27. The zero-order valence-electron chi connectivity index (χ0n) is 17.7. The lowest BCUT2D eigenvalue weighted by Crippen LogP contribution is -2.48. The van der Waals surface area contributed by atoms with Crippen molar-refractivity contribution in [1.29, 1.82) is 0 Å². The van der Waals surface area contributed by atoms with E-state index in [4.69, 9.17) is 34.8 Å². The maximum Gasteiger partial charge on any atom is 0.263 e. The number of hydrogen-bond acceptors (Lipinski definition) is 5. The minimum absolute atomic E-state index is 0.0284. The number of halogens is 3. The van der Waals surface area contributed by atoms with Gasteiger partial charge in [-0.25, -0.2) is 8.42 Å². The van der Waals surface area contributed by atoms with E-state index in [1.165, 1.54) is 36.4 Å². The molecule has 178 valence electrons. The number of nitrogens with one attached hydrogen (secondary N) is 1. The number of benzene rings is 3. The molecule has 1 fully saturated rings. The Morgan fingerprint density at radius 3 is 2.18 bits per heavy atom. The van der Waals surface area contributed by atoms with Gasteiger partial charge in [-0.2, -0.15) is 0 Å². The molecule has 1 aliphatic heterocycles. The lowest BCUT2D eigenvalue weighted by Gasteiger charge is -2.36. The molecule has 0 atom stereocenters. The summed E-state index contributed by atoms with van der Waals surface area (Å²) < 4.78 is 28.4. The maximum atomic E-state index is 13.1. The van der Waals surface area contributed by atoms with Gasteiger partial charge in [-0.1, -0.05) is 34.8 Å². The first-order valence-electron chi connectivity index (χ1n) is 10.2. The number of phenols is 1. The van der Waals surface area contributed by atoms with Crippen molar-refractivity contribution >= 4 is 62.1 Å². The number of carbonyl (C=O) groups excluding carboxylic acids is 1. The highest BCUT2D eigenvalue weighted by molar-refractivity contribution is 7.92. The van der Waals surface area contributed by atoms with Gasteiger partial charge in [0.2, 0.25) is 0 Å². The van der Waals surface area contributed by atoms with Gasteiger partial charge in [0.25, 0.3) is 15.9 Å². The number of aromatic hydroxyl groups is 1. The van der Waals surface area contributed by atoms with E-state index in [1.54, 1.807) is 17.0 Å². The van der Waals surface area contributed by atoms with Crippen LogP contribution in [0.4, 0.5) is 11.4 Å². The number of nitrogens with zero attached hydrogens (tertiary/aromatic N) is 2. The largest absolute Gasteiger partial charge is 0.508 e. The van der Waals surface area contributed by atoms with Crippen LogP contribution >= 0.6 is 34.8 Å². The predicted molar refractivity (Wildman–Crippen MR) is 135 cm³/mol. The Morgan fingerprint density at radius 2 is 1.50 bits per heavy atom. The molecule has 0 spiro atoms. The molecule has 7 nitrogen and oxygen atoms in total. The van der Waals surface area contributed by atoms with Crippen molar-refractivity contribution in [3.8, 4) is 5.75 Å². The summed E-state index contributed by atoms with van der Waals surface area (Å²) in [6, 6.07) is 15.4. The van der Waals surface area contributed by atoms with Gasteiger partial charge in [0.05, 0.1) is 15.7 Å². The molecular weight excluding hydrogens is 521 g/mol. The number of rotatable bonds is 5. The minimum Gasteiger partial charge on any atom is -0.508 e. The Bertz CT molecular complexity index is 1330. The second-order valence-corrected chi connectivity index (χ2v) is 10.6. The van der Waals surface area contributed by atoms with Crippen LogP contribution in [0.25, 0.3) is 0 Å². The second kappa shape index (κ2) is 9.92. The molecule has 3 aromatic carbocycles. The molecular formula is C23H20Cl3N3O4S. The summed E-state index contributed by atoms with van der Waals surface area (Å²) in [4.78, 5) is 16.7. The van der Waals surface area contributed by atoms with E-state index in [2.05, 4.69) is 9.62 Å². The molecule has 3 aromatic rings. The number of piperazine rings is 1. The van der Waals surface area contributed by atoms with Crippen molar-refractivity contribution in [3.05, 3.63) is 81.3 Å². The maximum absolute atomic E-state index is 13.1. The predicted octanol–water partition coefficient (Wildman–Crippen LogP) is 5.12. The Kier molecular flexibility index (Phi) is 7.14. The molecule has 1 amide bonds. The lowest BCUT2D eigenvalue weighted by molar-refractivity contribution is 0.0746. The van der Waals surface area contributed by atoms with Gasteiger partial charge >= 0.3 is 0 Å². The van der Waals surface area contributed by atoms with E-state index >= 15 is 0 Å². The van der Waals surface area contributed by atoms with Crippen molar-refractivity contribution in [2.75, 3.05) is 35.8 Å². The van der Waals surface area contributed by atoms with Gasteiger partial charge in [0.15, 0.2) is 0 Å². The molecule has 1 saturated heterocycles. The summed E-state index contributed by atoms with van der Waals surface area (Å²) in [5.74, 6) is -0.0996. The third-order valence-corrected chi connectivity index (χ3v) is 7.83. The van der Waals surface area contributed by atoms with Crippen molar-refractivity contribution in [2.24, 2.45) is 0 Å². The van der Waals surface area contributed by atoms with Gasteiger partial charge in [-0.05, 0) is 60.7 Å². The molecule has 11 heteroatoms. The number of phenolic OH excluding ortho intramolecular Hbond substituents is 1. The molecule has 0 aromatic heterocycles. The van der Waals surface area contributed by atoms with Crippen molar-refractivity contribution in [3.63, 3.8) is 0 Å². The number of hydrogen-bond donors (Lipinski definition) is 2. The van der Waals surface area contributed by atoms with Crippen molar-refractivity contribution < 1.29 is 18.3 Å². The minimum atomic E-state index is -4.14. The Balaban J connectivity index is 1.51. The highest BCUT2D eigenvalue weighted by Gasteiger charge is 2.26. The van der Waals surface area contributed by atoms with Crippen LogP contribution in [-0.4, -0.2) is 50.5 Å². The summed E-state index contributed by atoms with van der Waals surface area (Å²) in [7, 11) is -4.14. The monoisotopic (exact) mass is 539 g/mol. The number of anilines is 2. The Labute approximate surface area is 212 Å². The summed E-state index contributed by atoms with van der Waals surface area (Å²) in [5, 5.41) is 9.91. The second-order valence-electron chi connectivity index (χ2n) is 7.67. The van der Waals surface area contributed by atoms with Gasteiger partial charge < -0.3 is 14.9 Å². The van der Waals surface area contributed by atoms with Gasteiger partial charge in [0, 0.05) is 42.5 Å². The topological polar surface area (TPSA) is 90.0 Å². The zero-order chi connectivity index (χ0) is 24.5. The van der Waals surface area contributed by atoms with E-state index in [0.717, 1.165) is 5.69 Å². The van der Waals surface area contributed by atoms with Crippen LogP contribution in [0.15, 0.2) is 65.6 Å². The van der Waals surface area contributed by atoms with Crippen molar-refractivity contribution in [1.82, 2.24) is 4.90 Å². The standard InChI is InChI=1S/C23H20Cl3N3O4S/c24-16-2-8-19(25)21(14-16)27-34(32,33)22-13-15(1-7-20(22)26)23(31)29-11-9-28(10-12-29)17-3-5-18(30)6-4-17/h1-8,13-14,27,30H,9-12H2. The molecule has 0 bridgehead atoms. The molecule has 0 unspecified atom stereocenters. The smallest absolute Gasteiger partial charge is 0.263 e. The summed E-state index contributed by atoms with van der Waals surface area (Å²) in [6.45, 7) is 2.12. The molecule has 34 heavy (non-hydrogen) atoms. The van der Waals surface area contributed by atoms with Crippen LogP contribution in [0.2, 0.25) is 15.1 Å². The van der Waals surface area contributed by atoms with Crippen molar-refractivity contribution in [2.45, 2.75) is 4.90 Å². The molecule has 1 heterocycles. The van der Waals surface area contributed by atoms with Gasteiger partial charge in [-0.3, -0.25) is 9.52 Å². The van der Waals surface area contributed by atoms with Crippen LogP contribution in [-0.2, 0) is 10.0 Å². The average molecular weight is 541 g/mol. The highest BCUT2D eigenvalue weighted by atomic mass is 35.5. The van der Waals surface area contributed by atoms with Crippen LogP contribution in [0.5, 0.6) is 5.75 Å². The molecule has 4 rings (SSSR count). The Morgan fingerprint density at radius 1 is 0.853 bits per heavy atom. The SMILES string of the molecule is O=C(c1ccc(Cl)c(S(=O)(=O)Nc2cc(Cl)ccc2Cl)c1)N1CCN(c2ccc(O)cc2)CC1. The number of carbonyl (C=O) groups is 1. The normalized spacial score (nSPS) is 14.2. The fourth-order valence-corrected chi connectivity index (χ4v) is 5.62. The molecule has 2 N–H and O–H groups in total. The fraction of sp³-hybridized carbons (Fsp3) is 0.174. The lowest BCUT2D eigenvalue weighted by atomic mass is 10.1. The zero-order valence-corrected chi connectivity index (χ0v) is 20.8. The van der Waals surface area contributed by atoms with Crippen LogP contribution in [0.3, 0.4) is 0 Å². The third kappa shape index (κ3) is 5.36. The van der Waals surface area contributed by atoms with Gasteiger partial charge in [-0.15, -0.1) is 0 Å². The van der Waals surface area contributed by atoms with Crippen LogP contribution in [0, 0.1) is 0 Å². The van der Waals surface area contributed by atoms with E-state index in [-0.39, 0.29) is 37.8 Å². The molecule has 0 radical (unpaired) electrons. The number of amides is 1. The first-order chi connectivity index (χ1) is 16.1. The molecule has 1 aliphatic rings. The van der Waals surface area contributed by atoms with E-state index < -0.39 is 10.0 Å². The van der Waals surface area contributed by atoms with E-state index in [9.17, 15) is 18.3 Å². The quantitative estimate of drug-likeness (QED) is 0.469. The average Bonchev–Trinajstić information content (AvgIpc) is 2.81. The van der Waals surface area contributed by atoms with E-state index in [0.29, 0.717) is 31.2 Å². The summed E-state index contributed by atoms with van der Waals surface area (Å²) >= 11 is 18.2. The third-order valence-electron chi connectivity index (χ3n) is 5.42. The number of sulfonamides is 1.